The van der Waals surface area contributed by atoms with E-state index in [1.807, 2.05) is 0 Å². The fraction of sp³-hybridized carbons (Fsp3) is 0. The van der Waals surface area contributed by atoms with Crippen molar-refractivity contribution >= 4 is 34.6 Å². The van der Waals surface area contributed by atoms with Crippen molar-refractivity contribution in [1.82, 2.24) is 10.3 Å². The third-order valence-electron chi connectivity index (χ3n) is 2.49. The second-order valence-corrected chi connectivity index (χ2v) is 4.33. The van der Waals surface area contributed by atoms with E-state index in [2.05, 4.69) is 15.6 Å². The zero-order valence-corrected chi connectivity index (χ0v) is 11.5. The zero-order chi connectivity index (χ0) is 15.2. The summed E-state index contributed by atoms with van der Waals surface area (Å²) >= 11 is 4.98. The van der Waals surface area contributed by atoms with Crippen LogP contribution in [0, 0.1) is 10.1 Å². The van der Waals surface area contributed by atoms with E-state index < -0.39 is 10.8 Å². The lowest BCUT2D eigenvalue weighted by molar-refractivity contribution is -0.385. The highest BCUT2D eigenvalue weighted by atomic mass is 32.1. The topological polar surface area (TPSA) is 97.2 Å². The van der Waals surface area contributed by atoms with Gasteiger partial charge in [-0.15, -0.1) is 0 Å². The van der Waals surface area contributed by atoms with Gasteiger partial charge in [0.2, 0.25) is 0 Å². The van der Waals surface area contributed by atoms with Gasteiger partial charge in [0, 0.05) is 12.3 Å². The lowest BCUT2D eigenvalue weighted by Gasteiger charge is -2.09. The Bertz CT molecular complexity index is 691. The molecule has 0 aliphatic heterocycles. The van der Waals surface area contributed by atoms with Gasteiger partial charge in [-0.2, -0.15) is 0 Å². The lowest BCUT2D eigenvalue weighted by atomic mass is 10.1. The first-order chi connectivity index (χ1) is 10.1. The maximum absolute atomic E-state index is 12.0. The van der Waals surface area contributed by atoms with Crippen molar-refractivity contribution in [3.63, 3.8) is 0 Å². The summed E-state index contributed by atoms with van der Waals surface area (Å²) in [6.45, 7) is 0. The Morgan fingerprint density at radius 2 is 2.00 bits per heavy atom. The van der Waals surface area contributed by atoms with E-state index in [4.69, 9.17) is 12.2 Å². The fourth-order valence-electron chi connectivity index (χ4n) is 1.59. The number of hydrogen-bond acceptors (Lipinski definition) is 5. The molecule has 0 unspecified atom stereocenters. The number of nitrogens with one attached hydrogen (secondary N) is 2. The Hall–Kier alpha value is -2.87. The summed E-state index contributed by atoms with van der Waals surface area (Å²) < 4.78 is 0. The largest absolute Gasteiger partial charge is 0.331 e. The molecule has 8 heteroatoms. The van der Waals surface area contributed by atoms with Crippen molar-refractivity contribution in [3.8, 4) is 0 Å². The molecule has 7 nitrogen and oxygen atoms in total. The molecule has 0 bridgehead atoms. The molecule has 2 rings (SSSR count). The molecular formula is C13H10N4O3S. The molecule has 1 heterocycles. The van der Waals surface area contributed by atoms with E-state index in [1.165, 1.54) is 24.4 Å². The number of pyridine rings is 1. The van der Waals surface area contributed by atoms with Crippen molar-refractivity contribution in [3.05, 3.63) is 64.5 Å². The highest BCUT2D eigenvalue weighted by Gasteiger charge is 2.19. The highest BCUT2D eigenvalue weighted by molar-refractivity contribution is 7.80. The van der Waals surface area contributed by atoms with Crippen LogP contribution in [0.2, 0.25) is 0 Å². The van der Waals surface area contributed by atoms with Crippen molar-refractivity contribution < 1.29 is 9.72 Å². The minimum Gasteiger partial charge on any atom is -0.331 e. The van der Waals surface area contributed by atoms with Crippen LogP contribution in [0.1, 0.15) is 10.4 Å². The number of nitro groups is 1. The summed E-state index contributed by atoms with van der Waals surface area (Å²) in [5.41, 5.74) is 0.266. The zero-order valence-electron chi connectivity index (χ0n) is 10.6. The second kappa shape index (κ2) is 6.53. The number of nitro benzene ring substituents is 1. The number of amides is 1. The number of hydrogen-bond donors (Lipinski definition) is 2. The average Bonchev–Trinajstić information content (AvgIpc) is 2.48. The molecule has 0 saturated carbocycles. The smallest absolute Gasteiger partial charge is 0.282 e. The van der Waals surface area contributed by atoms with Gasteiger partial charge in [-0.05, 0) is 30.4 Å². The monoisotopic (exact) mass is 302 g/mol. The van der Waals surface area contributed by atoms with Crippen molar-refractivity contribution in [2.24, 2.45) is 0 Å². The number of thiocarbonyl (C=S) groups is 1. The Kier molecular flexibility index (Phi) is 4.52. The van der Waals surface area contributed by atoms with Crippen LogP contribution in [0.3, 0.4) is 0 Å². The van der Waals surface area contributed by atoms with Crippen molar-refractivity contribution in [1.29, 1.82) is 0 Å². The third-order valence-corrected chi connectivity index (χ3v) is 2.70. The summed E-state index contributed by atoms with van der Waals surface area (Å²) in [5, 5.41) is 16.1. The molecule has 21 heavy (non-hydrogen) atoms. The van der Waals surface area contributed by atoms with Crippen LogP contribution in [0.5, 0.6) is 0 Å². The molecule has 2 N–H and O–H groups in total. The molecule has 1 aromatic heterocycles. The van der Waals surface area contributed by atoms with E-state index in [0.717, 1.165) is 0 Å². The van der Waals surface area contributed by atoms with E-state index in [1.54, 1.807) is 24.4 Å². The fourth-order valence-corrected chi connectivity index (χ4v) is 1.80. The Balaban J connectivity index is 2.08. The third kappa shape index (κ3) is 3.80. The van der Waals surface area contributed by atoms with Crippen LogP contribution in [0.15, 0.2) is 48.8 Å². The molecule has 106 valence electrons. The second-order valence-electron chi connectivity index (χ2n) is 3.92. The first-order valence-corrected chi connectivity index (χ1v) is 6.24. The number of benzene rings is 1. The highest BCUT2D eigenvalue weighted by Crippen LogP contribution is 2.17. The molecule has 1 amide bonds. The van der Waals surface area contributed by atoms with Gasteiger partial charge >= 0.3 is 0 Å². The first kappa shape index (κ1) is 14.5. The maximum atomic E-state index is 12.0. The summed E-state index contributed by atoms with van der Waals surface area (Å²) in [5.74, 6) is -0.649. The molecule has 0 spiro atoms. The first-order valence-electron chi connectivity index (χ1n) is 5.83. The van der Waals surface area contributed by atoms with Crippen molar-refractivity contribution in [2.45, 2.75) is 0 Å². The molecular weight excluding hydrogens is 292 g/mol. The number of carbonyl (C=O) groups is 1. The van der Waals surface area contributed by atoms with Gasteiger partial charge in [-0.25, -0.2) is 0 Å². The van der Waals surface area contributed by atoms with Gasteiger partial charge < -0.3 is 5.32 Å². The quantitative estimate of drug-likeness (QED) is 0.512. The Morgan fingerprint density at radius 3 is 2.67 bits per heavy atom. The number of nitrogens with zero attached hydrogens (tertiary/aromatic N) is 2. The number of rotatable bonds is 3. The van der Waals surface area contributed by atoms with Gasteiger partial charge in [0.15, 0.2) is 5.11 Å². The molecule has 0 fully saturated rings. The van der Waals surface area contributed by atoms with Crippen molar-refractivity contribution in [2.75, 3.05) is 5.32 Å². The van der Waals surface area contributed by atoms with Gasteiger partial charge in [0.05, 0.1) is 16.8 Å². The predicted molar refractivity (Wildman–Crippen MR) is 81.0 cm³/mol. The molecule has 2 aromatic rings. The van der Waals surface area contributed by atoms with Gasteiger partial charge in [0.25, 0.3) is 11.6 Å². The molecule has 0 saturated heterocycles. The lowest BCUT2D eigenvalue weighted by Crippen LogP contribution is -2.34. The number of aromatic nitrogens is 1. The minimum absolute atomic E-state index is 0.0335. The summed E-state index contributed by atoms with van der Waals surface area (Å²) in [6, 6.07) is 9.07. The summed E-state index contributed by atoms with van der Waals surface area (Å²) in [7, 11) is 0. The molecule has 0 atom stereocenters. The van der Waals surface area contributed by atoms with E-state index in [0.29, 0.717) is 5.69 Å². The van der Waals surface area contributed by atoms with Crippen LogP contribution in [-0.2, 0) is 0 Å². The van der Waals surface area contributed by atoms with Gasteiger partial charge in [-0.1, -0.05) is 12.1 Å². The average molecular weight is 302 g/mol. The number of carbonyl (C=O) groups excluding carboxylic acids is 1. The summed E-state index contributed by atoms with van der Waals surface area (Å²) in [6.07, 6.45) is 3.13. The number of para-hydroxylation sites is 1. The van der Waals surface area contributed by atoms with Crippen LogP contribution < -0.4 is 10.6 Å². The van der Waals surface area contributed by atoms with Crippen LogP contribution in [0.4, 0.5) is 11.4 Å². The Morgan fingerprint density at radius 1 is 1.24 bits per heavy atom. The molecule has 1 aromatic carbocycles. The SMILES string of the molecule is O=C(NC(=S)Nc1cccnc1)c1ccccc1[N+](=O)[O-]. The predicted octanol–water partition coefficient (Wildman–Crippen LogP) is 2.12. The number of anilines is 1. The minimum atomic E-state index is -0.649. The molecule has 0 aliphatic carbocycles. The van der Waals surface area contributed by atoms with Gasteiger partial charge in [0.1, 0.15) is 5.56 Å². The van der Waals surface area contributed by atoms with E-state index >= 15 is 0 Å². The van der Waals surface area contributed by atoms with Gasteiger partial charge in [-0.3, -0.25) is 25.2 Å². The van der Waals surface area contributed by atoms with E-state index in [-0.39, 0.29) is 16.4 Å². The summed E-state index contributed by atoms with van der Waals surface area (Å²) in [4.78, 5) is 26.2. The Labute approximate surface area is 125 Å². The van der Waals surface area contributed by atoms with Crippen LogP contribution >= 0.6 is 12.2 Å². The van der Waals surface area contributed by atoms with Crippen LogP contribution in [-0.4, -0.2) is 20.9 Å². The van der Waals surface area contributed by atoms with E-state index in [9.17, 15) is 14.9 Å². The standard InChI is InChI=1S/C13H10N4O3S/c18-12(10-5-1-2-6-11(10)17(19)20)16-13(21)15-9-4-3-7-14-8-9/h1-8H,(H2,15,16,18,21). The normalized spacial score (nSPS) is 9.71. The molecule has 0 radical (unpaired) electrons. The molecule has 0 aliphatic rings. The maximum Gasteiger partial charge on any atom is 0.282 e. The van der Waals surface area contributed by atoms with Crippen LogP contribution in [0.25, 0.3) is 0 Å².